The molecule has 0 aromatic heterocycles. The van der Waals surface area contributed by atoms with Gasteiger partial charge in [0.25, 0.3) is 0 Å². The number of carbonyl (C=O) groups is 1. The van der Waals surface area contributed by atoms with Crippen LogP contribution in [0.4, 0.5) is 0 Å². The van der Waals surface area contributed by atoms with Crippen LogP contribution < -0.4 is 5.32 Å². The maximum absolute atomic E-state index is 11.0. The van der Waals surface area contributed by atoms with Crippen molar-refractivity contribution in [3.05, 3.63) is 35.4 Å². The third-order valence-corrected chi connectivity index (χ3v) is 3.29. The molecule has 3 heteroatoms. The van der Waals surface area contributed by atoms with Gasteiger partial charge in [0.1, 0.15) is 6.29 Å². The van der Waals surface area contributed by atoms with Crippen LogP contribution in [0, 0.1) is 12.8 Å². The first-order chi connectivity index (χ1) is 7.33. The number of aryl methyl sites for hydroxylation is 1. The minimum absolute atomic E-state index is 0. The Bertz CT molecular complexity index is 354. The van der Waals surface area contributed by atoms with Gasteiger partial charge in [-0.25, -0.2) is 0 Å². The molecule has 0 aliphatic carbocycles. The molecular weight excluding hydrogens is 222 g/mol. The van der Waals surface area contributed by atoms with E-state index >= 15 is 0 Å². The fourth-order valence-corrected chi connectivity index (χ4v) is 2.41. The van der Waals surface area contributed by atoms with E-state index in [1.807, 2.05) is 0 Å². The Balaban J connectivity index is 0.00000128. The SMILES string of the molecule is Cc1ccccc1[C@@H]1CCNC[C@H]1C=O.Cl. The molecule has 0 radical (unpaired) electrons. The maximum Gasteiger partial charge on any atom is 0.124 e. The Kier molecular flexibility index (Phi) is 4.97. The predicted molar refractivity (Wildman–Crippen MR) is 68.2 cm³/mol. The highest BCUT2D eigenvalue weighted by Crippen LogP contribution is 2.30. The lowest BCUT2D eigenvalue weighted by Crippen LogP contribution is -2.36. The molecule has 0 unspecified atom stereocenters. The van der Waals surface area contributed by atoms with Gasteiger partial charge in [-0.1, -0.05) is 24.3 Å². The third-order valence-electron chi connectivity index (χ3n) is 3.29. The number of hydrogen-bond acceptors (Lipinski definition) is 2. The highest BCUT2D eigenvalue weighted by Gasteiger charge is 2.26. The summed E-state index contributed by atoms with van der Waals surface area (Å²) in [5, 5.41) is 3.27. The smallest absolute Gasteiger partial charge is 0.124 e. The largest absolute Gasteiger partial charge is 0.316 e. The number of nitrogens with one attached hydrogen (secondary N) is 1. The van der Waals surface area contributed by atoms with Crippen LogP contribution >= 0.6 is 12.4 Å². The number of aldehydes is 1. The van der Waals surface area contributed by atoms with Crippen LogP contribution in [-0.4, -0.2) is 19.4 Å². The van der Waals surface area contributed by atoms with Crippen molar-refractivity contribution < 1.29 is 4.79 Å². The average Bonchev–Trinajstić information content (AvgIpc) is 2.30. The van der Waals surface area contributed by atoms with E-state index in [0.717, 1.165) is 25.8 Å². The minimum Gasteiger partial charge on any atom is -0.316 e. The molecule has 1 N–H and O–H groups in total. The molecule has 0 saturated carbocycles. The Morgan fingerprint density at radius 2 is 2.12 bits per heavy atom. The van der Waals surface area contributed by atoms with Crippen molar-refractivity contribution in [1.29, 1.82) is 0 Å². The Morgan fingerprint density at radius 3 is 2.81 bits per heavy atom. The van der Waals surface area contributed by atoms with Crippen molar-refractivity contribution in [1.82, 2.24) is 5.32 Å². The quantitative estimate of drug-likeness (QED) is 0.803. The second-order valence-corrected chi connectivity index (χ2v) is 4.26. The van der Waals surface area contributed by atoms with Crippen molar-refractivity contribution in [3.63, 3.8) is 0 Å². The van der Waals surface area contributed by atoms with Gasteiger partial charge in [0.2, 0.25) is 0 Å². The van der Waals surface area contributed by atoms with Crippen molar-refractivity contribution in [2.45, 2.75) is 19.3 Å². The van der Waals surface area contributed by atoms with Crippen molar-refractivity contribution in [2.75, 3.05) is 13.1 Å². The van der Waals surface area contributed by atoms with Crippen LogP contribution in [0.5, 0.6) is 0 Å². The van der Waals surface area contributed by atoms with Gasteiger partial charge < -0.3 is 10.1 Å². The summed E-state index contributed by atoms with van der Waals surface area (Å²) in [6, 6.07) is 8.39. The Labute approximate surface area is 103 Å². The minimum atomic E-state index is 0. The van der Waals surface area contributed by atoms with E-state index in [0.29, 0.717) is 5.92 Å². The first kappa shape index (κ1) is 13.2. The van der Waals surface area contributed by atoms with Gasteiger partial charge in [0, 0.05) is 12.5 Å². The standard InChI is InChI=1S/C13H17NO.ClH/c1-10-4-2-3-5-12(10)13-6-7-14-8-11(13)9-15;/h2-5,9,11,13-14H,6-8H2,1H3;1H/t11-,13+;/m0./s1. The molecule has 0 bridgehead atoms. The molecule has 2 atom stereocenters. The zero-order valence-corrected chi connectivity index (χ0v) is 10.3. The van der Waals surface area contributed by atoms with Gasteiger partial charge in [-0.2, -0.15) is 0 Å². The van der Waals surface area contributed by atoms with Crippen LogP contribution in [0.2, 0.25) is 0 Å². The zero-order valence-electron chi connectivity index (χ0n) is 9.48. The van der Waals surface area contributed by atoms with Crippen molar-refractivity contribution >= 4 is 18.7 Å². The van der Waals surface area contributed by atoms with Gasteiger partial charge in [-0.3, -0.25) is 0 Å². The highest BCUT2D eigenvalue weighted by molar-refractivity contribution is 5.85. The molecule has 0 spiro atoms. The molecule has 1 aromatic rings. The number of benzene rings is 1. The van der Waals surface area contributed by atoms with Crippen molar-refractivity contribution in [3.8, 4) is 0 Å². The summed E-state index contributed by atoms with van der Waals surface area (Å²) in [6.07, 6.45) is 2.16. The molecule has 2 rings (SSSR count). The van der Waals surface area contributed by atoms with E-state index in [2.05, 4.69) is 36.5 Å². The summed E-state index contributed by atoms with van der Waals surface area (Å²) in [7, 11) is 0. The fourth-order valence-electron chi connectivity index (χ4n) is 2.41. The van der Waals surface area contributed by atoms with Gasteiger partial charge in [0.05, 0.1) is 0 Å². The first-order valence-corrected chi connectivity index (χ1v) is 5.54. The summed E-state index contributed by atoms with van der Waals surface area (Å²) in [5.41, 5.74) is 2.65. The summed E-state index contributed by atoms with van der Waals surface area (Å²) in [5.74, 6) is 0.546. The summed E-state index contributed by atoms with van der Waals surface area (Å²) < 4.78 is 0. The second-order valence-electron chi connectivity index (χ2n) is 4.26. The first-order valence-electron chi connectivity index (χ1n) is 5.54. The van der Waals surface area contributed by atoms with Gasteiger partial charge >= 0.3 is 0 Å². The maximum atomic E-state index is 11.0. The van der Waals surface area contributed by atoms with E-state index in [1.165, 1.54) is 11.1 Å². The van der Waals surface area contributed by atoms with E-state index < -0.39 is 0 Å². The van der Waals surface area contributed by atoms with Gasteiger partial charge in [-0.05, 0) is 36.9 Å². The molecular formula is C13H18ClNO. The average molecular weight is 240 g/mol. The number of carbonyl (C=O) groups excluding carboxylic acids is 1. The lowest BCUT2D eigenvalue weighted by Gasteiger charge is -2.29. The molecule has 0 amide bonds. The second kappa shape index (κ2) is 6.02. The molecule has 1 fully saturated rings. The fraction of sp³-hybridized carbons (Fsp3) is 0.462. The molecule has 1 heterocycles. The van der Waals surface area contributed by atoms with E-state index in [4.69, 9.17) is 0 Å². The monoisotopic (exact) mass is 239 g/mol. The Morgan fingerprint density at radius 1 is 1.38 bits per heavy atom. The molecule has 1 aliphatic heterocycles. The molecule has 1 aromatic carbocycles. The number of hydrogen-bond donors (Lipinski definition) is 1. The normalized spacial score (nSPS) is 24.6. The summed E-state index contributed by atoms with van der Waals surface area (Å²) >= 11 is 0. The van der Waals surface area contributed by atoms with Crippen LogP contribution in [0.25, 0.3) is 0 Å². The molecule has 16 heavy (non-hydrogen) atoms. The number of halogens is 1. The summed E-state index contributed by atoms with van der Waals surface area (Å²) in [4.78, 5) is 11.0. The predicted octanol–water partition coefficient (Wildman–Crippen LogP) is 2.31. The van der Waals surface area contributed by atoms with Crippen LogP contribution in [0.15, 0.2) is 24.3 Å². The van der Waals surface area contributed by atoms with Gasteiger partial charge in [-0.15, -0.1) is 12.4 Å². The van der Waals surface area contributed by atoms with Crippen LogP contribution in [0.1, 0.15) is 23.5 Å². The van der Waals surface area contributed by atoms with Crippen LogP contribution in [-0.2, 0) is 4.79 Å². The van der Waals surface area contributed by atoms with Crippen molar-refractivity contribution in [2.24, 2.45) is 5.92 Å². The lowest BCUT2D eigenvalue weighted by atomic mass is 9.80. The van der Waals surface area contributed by atoms with E-state index in [-0.39, 0.29) is 18.3 Å². The Hall–Kier alpha value is -0.860. The molecule has 88 valence electrons. The molecule has 1 aliphatic rings. The molecule has 1 saturated heterocycles. The van der Waals surface area contributed by atoms with Crippen LogP contribution in [0.3, 0.4) is 0 Å². The highest BCUT2D eigenvalue weighted by atomic mass is 35.5. The lowest BCUT2D eigenvalue weighted by molar-refractivity contribution is -0.112. The summed E-state index contributed by atoms with van der Waals surface area (Å²) in [6.45, 7) is 3.96. The van der Waals surface area contributed by atoms with E-state index in [9.17, 15) is 4.79 Å². The molecule has 2 nitrogen and oxygen atoms in total. The van der Waals surface area contributed by atoms with E-state index in [1.54, 1.807) is 0 Å². The van der Waals surface area contributed by atoms with Gasteiger partial charge in [0.15, 0.2) is 0 Å². The topological polar surface area (TPSA) is 29.1 Å². The number of rotatable bonds is 2. The number of piperidine rings is 1. The zero-order chi connectivity index (χ0) is 10.7. The third kappa shape index (κ3) is 2.63.